The first-order valence-electron chi connectivity index (χ1n) is 9.42. The Morgan fingerprint density at radius 1 is 1.00 bits per heavy atom. The van der Waals surface area contributed by atoms with Crippen LogP contribution in [0.5, 0.6) is 0 Å². The lowest BCUT2D eigenvalue weighted by molar-refractivity contribution is 0.100. The minimum absolute atomic E-state index is 0.232. The number of rotatable bonds is 6. The summed E-state index contributed by atoms with van der Waals surface area (Å²) in [5.41, 5.74) is 4.27. The van der Waals surface area contributed by atoms with Crippen molar-refractivity contribution >= 4 is 33.9 Å². The maximum atomic E-state index is 12.6. The highest BCUT2D eigenvalue weighted by atomic mass is 35.5. The molecular weight excluding hydrogens is 416 g/mol. The molecule has 6 heteroatoms. The summed E-state index contributed by atoms with van der Waals surface area (Å²) in [6.07, 6.45) is 1.95. The van der Waals surface area contributed by atoms with Crippen molar-refractivity contribution in [3.63, 3.8) is 0 Å². The quantitative estimate of drug-likeness (QED) is 0.339. The van der Waals surface area contributed by atoms with E-state index in [0.717, 1.165) is 21.7 Å². The van der Waals surface area contributed by atoms with E-state index in [1.165, 1.54) is 5.56 Å². The normalized spacial score (nSPS) is 12.6. The lowest BCUT2D eigenvalue weighted by Crippen LogP contribution is -2.00. The highest BCUT2D eigenvalue weighted by Crippen LogP contribution is 2.14. The summed E-state index contributed by atoms with van der Waals surface area (Å²) in [7, 11) is -0.500. The van der Waals surface area contributed by atoms with E-state index < -0.39 is 10.7 Å². The molecule has 0 heterocycles. The third-order valence-electron chi connectivity index (χ3n) is 4.45. The maximum absolute atomic E-state index is 12.6. The van der Waals surface area contributed by atoms with Crippen LogP contribution in [0.15, 0.2) is 87.2 Å². The number of amides is 1. The van der Waals surface area contributed by atoms with Gasteiger partial charge in [-0.25, -0.2) is 0 Å². The molecule has 4 nitrogen and oxygen atoms in total. The minimum atomic E-state index is -0.500. The molecule has 3 aromatic carbocycles. The van der Waals surface area contributed by atoms with Gasteiger partial charge in [0.05, 0.1) is 5.71 Å². The van der Waals surface area contributed by atoms with Crippen LogP contribution in [0, 0.1) is 6.92 Å². The zero-order valence-corrected chi connectivity index (χ0v) is 18.7. The summed E-state index contributed by atoms with van der Waals surface area (Å²) in [6.45, 7) is 4.17. The van der Waals surface area contributed by atoms with Gasteiger partial charge in [-0.15, -0.1) is 0 Å². The number of hydrogen-bond acceptors (Lipinski definition) is 3. The van der Waals surface area contributed by atoms with Crippen molar-refractivity contribution in [3.8, 4) is 0 Å². The van der Waals surface area contributed by atoms with Crippen molar-refractivity contribution in [3.05, 3.63) is 100 Å². The zero-order valence-electron chi connectivity index (χ0n) is 17.1. The van der Waals surface area contributed by atoms with E-state index in [-0.39, 0.29) is 12.5 Å². The number of hydrogen-bond donors (Lipinski definition) is 0. The lowest BCUT2D eigenvalue weighted by atomic mass is 10.1. The molecule has 3 aromatic rings. The summed E-state index contributed by atoms with van der Waals surface area (Å²) < 4.78 is 4.35. The van der Waals surface area contributed by atoms with Gasteiger partial charge >= 0.3 is 0 Å². The summed E-state index contributed by atoms with van der Waals surface area (Å²) >= 11 is 5.91. The molecule has 1 amide bonds. The Balaban J connectivity index is 1.66. The van der Waals surface area contributed by atoms with E-state index in [4.69, 9.17) is 16.4 Å². The second kappa shape index (κ2) is 10.3. The highest BCUT2D eigenvalue weighted by Gasteiger charge is 2.07. The molecular formula is C24H23ClN2O2S. The van der Waals surface area contributed by atoms with Gasteiger partial charge in [0, 0.05) is 15.5 Å². The smallest absolute Gasteiger partial charge is 0.283 e. The van der Waals surface area contributed by atoms with Gasteiger partial charge in [-0.3, -0.25) is 4.79 Å². The zero-order chi connectivity index (χ0) is 21.5. The van der Waals surface area contributed by atoms with Crippen molar-refractivity contribution in [2.24, 2.45) is 9.52 Å². The third-order valence-corrected chi connectivity index (χ3v) is 6.10. The van der Waals surface area contributed by atoms with Crippen LogP contribution in [0.3, 0.4) is 0 Å². The molecule has 3 rings (SSSR count). The maximum Gasteiger partial charge on any atom is 0.283 e. The lowest BCUT2D eigenvalue weighted by Gasteiger charge is -2.05. The number of oxime groups is 1. The first kappa shape index (κ1) is 21.9. The van der Waals surface area contributed by atoms with E-state index >= 15 is 0 Å². The van der Waals surface area contributed by atoms with Crippen LogP contribution >= 0.6 is 11.6 Å². The topological polar surface area (TPSA) is 51.0 Å². The summed E-state index contributed by atoms with van der Waals surface area (Å²) in [5, 5.41) is 4.83. The van der Waals surface area contributed by atoms with Crippen molar-refractivity contribution in [2.45, 2.75) is 25.3 Å². The second-order valence-corrected chi connectivity index (χ2v) is 8.89. The van der Waals surface area contributed by atoms with Gasteiger partial charge in [-0.05, 0) is 67.6 Å². The molecule has 0 saturated carbocycles. The van der Waals surface area contributed by atoms with Crippen molar-refractivity contribution < 1.29 is 9.63 Å². The van der Waals surface area contributed by atoms with Crippen LogP contribution in [0.2, 0.25) is 5.02 Å². The molecule has 0 saturated heterocycles. The molecule has 154 valence electrons. The van der Waals surface area contributed by atoms with Gasteiger partial charge < -0.3 is 4.84 Å². The standard InChI is InChI=1S/C24H23ClN2O2S/c1-17-7-13-23(14-8-17)30(3)27-24(28)21-6-4-5-19(15-21)16-29-26-18(2)20-9-11-22(25)12-10-20/h4-15H,16H2,1-3H3. The molecule has 0 fully saturated rings. The predicted molar refractivity (Wildman–Crippen MR) is 124 cm³/mol. The monoisotopic (exact) mass is 438 g/mol. The third kappa shape index (κ3) is 6.12. The van der Waals surface area contributed by atoms with Crippen molar-refractivity contribution in [1.82, 2.24) is 0 Å². The van der Waals surface area contributed by atoms with Crippen LogP contribution in [-0.2, 0) is 22.1 Å². The van der Waals surface area contributed by atoms with Gasteiger partial charge in [0.1, 0.15) is 6.61 Å². The molecule has 0 aliphatic heterocycles. The first-order chi connectivity index (χ1) is 14.4. The van der Waals surface area contributed by atoms with E-state index in [1.807, 2.05) is 80.8 Å². The minimum Gasteiger partial charge on any atom is -0.391 e. The molecule has 0 aliphatic carbocycles. The molecule has 0 aliphatic rings. The average Bonchev–Trinajstić information content (AvgIpc) is 2.74. The van der Waals surface area contributed by atoms with Gasteiger partial charge in [-0.1, -0.05) is 69.4 Å². The average molecular weight is 439 g/mol. The van der Waals surface area contributed by atoms with Gasteiger partial charge in [0.15, 0.2) is 0 Å². The molecule has 0 bridgehead atoms. The van der Waals surface area contributed by atoms with E-state index in [9.17, 15) is 4.79 Å². The Labute approximate surface area is 184 Å². The van der Waals surface area contributed by atoms with Crippen LogP contribution in [0.1, 0.15) is 34.0 Å². The van der Waals surface area contributed by atoms with Crippen molar-refractivity contribution in [2.75, 3.05) is 6.26 Å². The van der Waals surface area contributed by atoms with Gasteiger partial charge in [0.25, 0.3) is 5.91 Å². The number of benzene rings is 3. The Morgan fingerprint density at radius 3 is 2.40 bits per heavy atom. The Morgan fingerprint density at radius 2 is 1.70 bits per heavy atom. The van der Waals surface area contributed by atoms with E-state index in [2.05, 4.69) is 9.52 Å². The summed E-state index contributed by atoms with van der Waals surface area (Å²) in [4.78, 5) is 19.1. The Hall–Kier alpha value is -2.76. The van der Waals surface area contributed by atoms with Gasteiger partial charge in [0.2, 0.25) is 0 Å². The molecule has 0 spiro atoms. The van der Waals surface area contributed by atoms with Crippen molar-refractivity contribution in [1.29, 1.82) is 0 Å². The second-order valence-electron chi connectivity index (χ2n) is 6.84. The molecule has 0 aromatic heterocycles. The SMILES string of the molecule is CC(=NOCc1cccc(C(=O)N=S(C)c2ccc(C)cc2)c1)c1ccc(Cl)cc1. The van der Waals surface area contributed by atoms with Crippen LogP contribution in [0.4, 0.5) is 0 Å². The predicted octanol–water partition coefficient (Wildman–Crippen LogP) is 6.22. The largest absolute Gasteiger partial charge is 0.391 e. The number of aryl methyl sites for hydroxylation is 1. The number of carbonyl (C=O) groups is 1. The van der Waals surface area contributed by atoms with Crippen LogP contribution < -0.4 is 0 Å². The number of carbonyl (C=O) groups excluding carboxylic acids is 1. The fourth-order valence-corrected chi connectivity index (χ4v) is 3.82. The summed E-state index contributed by atoms with van der Waals surface area (Å²) in [5.74, 6) is -0.232. The van der Waals surface area contributed by atoms with Crippen LogP contribution in [-0.4, -0.2) is 17.9 Å². The van der Waals surface area contributed by atoms with Crippen LogP contribution in [0.25, 0.3) is 0 Å². The van der Waals surface area contributed by atoms with E-state index in [0.29, 0.717) is 10.6 Å². The molecule has 0 N–H and O–H groups in total. The first-order valence-corrected chi connectivity index (χ1v) is 11.4. The summed E-state index contributed by atoms with van der Waals surface area (Å²) in [6, 6.07) is 22.8. The fraction of sp³-hybridized carbons (Fsp3) is 0.167. The number of halogens is 1. The Bertz CT molecular complexity index is 1090. The number of nitrogens with zero attached hydrogens (tertiary/aromatic N) is 2. The molecule has 1 unspecified atom stereocenters. The van der Waals surface area contributed by atoms with E-state index in [1.54, 1.807) is 12.1 Å². The molecule has 0 radical (unpaired) electrons. The fourth-order valence-electron chi connectivity index (χ4n) is 2.71. The molecule has 1 atom stereocenters. The highest BCUT2D eigenvalue weighted by molar-refractivity contribution is 7.87. The Kier molecular flexibility index (Phi) is 7.55. The molecule has 30 heavy (non-hydrogen) atoms. The van der Waals surface area contributed by atoms with Gasteiger partial charge in [-0.2, -0.15) is 4.36 Å².